The van der Waals surface area contributed by atoms with E-state index in [9.17, 15) is 0 Å². The Bertz CT molecular complexity index is 315. The Hall–Kier alpha value is -0.930. The second-order valence-corrected chi connectivity index (χ2v) is 4.74. The highest BCUT2D eigenvalue weighted by atomic mass is 16.5. The number of rotatable bonds is 5. The summed E-state index contributed by atoms with van der Waals surface area (Å²) in [7, 11) is 1.77. The van der Waals surface area contributed by atoms with Crippen LogP contribution in [-0.4, -0.2) is 43.2 Å². The largest absolute Gasteiger partial charge is 0.385 e. The van der Waals surface area contributed by atoms with Crippen LogP contribution in [-0.2, 0) is 4.74 Å². The van der Waals surface area contributed by atoms with E-state index in [1.165, 1.54) is 25.1 Å². The van der Waals surface area contributed by atoms with Gasteiger partial charge in [0.05, 0.1) is 0 Å². The number of nitrogens with zero attached hydrogens (tertiary/aromatic N) is 2. The van der Waals surface area contributed by atoms with Crippen molar-refractivity contribution in [1.82, 2.24) is 9.88 Å². The average molecular weight is 234 g/mol. The summed E-state index contributed by atoms with van der Waals surface area (Å²) in [4.78, 5) is 7.03. The maximum atomic E-state index is 5.11. The van der Waals surface area contributed by atoms with Crippen LogP contribution in [0.4, 0.5) is 0 Å². The van der Waals surface area contributed by atoms with Gasteiger partial charge in [0.25, 0.3) is 0 Å². The highest BCUT2D eigenvalue weighted by Crippen LogP contribution is 2.25. The lowest BCUT2D eigenvalue weighted by molar-refractivity contribution is 0.155. The predicted molar refractivity (Wildman–Crippen MR) is 69.1 cm³/mol. The van der Waals surface area contributed by atoms with Crippen molar-refractivity contribution in [1.29, 1.82) is 0 Å². The molecule has 1 aromatic rings. The quantitative estimate of drug-likeness (QED) is 0.731. The van der Waals surface area contributed by atoms with Gasteiger partial charge in [-0.25, -0.2) is 0 Å². The summed E-state index contributed by atoms with van der Waals surface area (Å²) in [5, 5.41) is 0. The van der Waals surface area contributed by atoms with Gasteiger partial charge in [-0.05, 0) is 37.9 Å². The van der Waals surface area contributed by atoms with Crippen molar-refractivity contribution < 1.29 is 4.74 Å². The van der Waals surface area contributed by atoms with E-state index in [0.717, 1.165) is 26.1 Å². The van der Waals surface area contributed by atoms with Gasteiger partial charge in [-0.3, -0.25) is 4.98 Å². The maximum Gasteiger partial charge on any atom is 0.0474 e. The number of pyridine rings is 1. The van der Waals surface area contributed by atoms with E-state index in [1.807, 2.05) is 12.3 Å². The van der Waals surface area contributed by atoms with E-state index in [2.05, 4.69) is 22.0 Å². The molecule has 3 heteroatoms. The van der Waals surface area contributed by atoms with Crippen LogP contribution in [0.3, 0.4) is 0 Å². The number of ether oxygens (including phenoxy) is 1. The first-order valence-electron chi connectivity index (χ1n) is 6.52. The van der Waals surface area contributed by atoms with Crippen molar-refractivity contribution in [2.24, 2.45) is 0 Å². The smallest absolute Gasteiger partial charge is 0.0474 e. The van der Waals surface area contributed by atoms with Crippen LogP contribution in [0, 0.1) is 0 Å². The first-order valence-corrected chi connectivity index (χ1v) is 6.52. The van der Waals surface area contributed by atoms with Crippen molar-refractivity contribution in [3.8, 4) is 0 Å². The summed E-state index contributed by atoms with van der Waals surface area (Å²) in [5.74, 6) is 0.618. The van der Waals surface area contributed by atoms with E-state index in [4.69, 9.17) is 4.74 Å². The Labute approximate surface area is 104 Å². The fourth-order valence-corrected chi connectivity index (χ4v) is 2.55. The van der Waals surface area contributed by atoms with Gasteiger partial charge in [0.1, 0.15) is 0 Å². The Morgan fingerprint density at radius 2 is 2.41 bits per heavy atom. The molecule has 1 atom stereocenters. The fraction of sp³-hybridized carbons (Fsp3) is 0.643. The van der Waals surface area contributed by atoms with Gasteiger partial charge in [0.15, 0.2) is 0 Å². The third-order valence-corrected chi connectivity index (χ3v) is 3.43. The zero-order chi connectivity index (χ0) is 11.9. The molecule has 1 aliphatic heterocycles. The van der Waals surface area contributed by atoms with Crippen LogP contribution in [0.15, 0.2) is 24.4 Å². The van der Waals surface area contributed by atoms with E-state index < -0.39 is 0 Å². The topological polar surface area (TPSA) is 25.4 Å². The second-order valence-electron chi connectivity index (χ2n) is 4.74. The molecule has 3 nitrogen and oxygen atoms in total. The number of likely N-dealkylation sites (tertiary alicyclic amines) is 1. The molecule has 0 aliphatic carbocycles. The highest BCUT2D eigenvalue weighted by Gasteiger charge is 2.21. The molecule has 0 aromatic carbocycles. The number of aromatic nitrogens is 1. The van der Waals surface area contributed by atoms with Crippen LogP contribution in [0.25, 0.3) is 0 Å². The average Bonchev–Trinajstić information content (AvgIpc) is 2.41. The molecule has 0 spiro atoms. The van der Waals surface area contributed by atoms with Crippen molar-refractivity contribution in [2.45, 2.75) is 25.2 Å². The SMILES string of the molecule is COCCCN1CCC[C@H](c2ccccn2)C1. The minimum Gasteiger partial charge on any atom is -0.385 e. The van der Waals surface area contributed by atoms with Gasteiger partial charge in [0, 0.05) is 44.6 Å². The van der Waals surface area contributed by atoms with Crippen LogP contribution in [0.2, 0.25) is 0 Å². The molecule has 0 amide bonds. The first-order chi connectivity index (χ1) is 8.40. The number of methoxy groups -OCH3 is 1. The van der Waals surface area contributed by atoms with Crippen molar-refractivity contribution in [3.05, 3.63) is 30.1 Å². The Balaban J connectivity index is 1.84. The molecule has 1 aliphatic rings. The summed E-state index contributed by atoms with van der Waals surface area (Å²) in [5.41, 5.74) is 1.25. The molecule has 0 bridgehead atoms. The zero-order valence-corrected chi connectivity index (χ0v) is 10.6. The summed E-state index contributed by atoms with van der Waals surface area (Å²) in [6.07, 6.45) is 5.59. The first kappa shape index (κ1) is 12.5. The summed E-state index contributed by atoms with van der Waals surface area (Å²) < 4.78 is 5.11. The molecular formula is C14H22N2O. The minimum absolute atomic E-state index is 0.618. The van der Waals surface area contributed by atoms with Gasteiger partial charge in [0.2, 0.25) is 0 Å². The fourth-order valence-electron chi connectivity index (χ4n) is 2.55. The molecule has 0 N–H and O–H groups in total. The second kappa shape index (κ2) is 6.72. The standard InChI is InChI=1S/C14H22N2O/c1-17-11-5-10-16-9-4-6-13(12-16)14-7-2-3-8-15-14/h2-3,7-8,13H,4-6,9-12H2,1H3/t13-/m0/s1. The van der Waals surface area contributed by atoms with Crippen LogP contribution < -0.4 is 0 Å². The molecule has 1 saturated heterocycles. The van der Waals surface area contributed by atoms with E-state index in [1.54, 1.807) is 7.11 Å². The van der Waals surface area contributed by atoms with E-state index in [-0.39, 0.29) is 0 Å². The van der Waals surface area contributed by atoms with Gasteiger partial charge in [-0.15, -0.1) is 0 Å². The van der Waals surface area contributed by atoms with E-state index >= 15 is 0 Å². The number of hydrogen-bond acceptors (Lipinski definition) is 3. The normalized spacial score (nSPS) is 21.6. The Morgan fingerprint density at radius 3 is 3.18 bits per heavy atom. The highest BCUT2D eigenvalue weighted by molar-refractivity contribution is 5.10. The molecule has 1 fully saturated rings. The molecule has 2 heterocycles. The number of hydrogen-bond donors (Lipinski definition) is 0. The Kier molecular flexibility index (Phi) is 4.95. The molecule has 17 heavy (non-hydrogen) atoms. The van der Waals surface area contributed by atoms with E-state index in [0.29, 0.717) is 5.92 Å². The number of piperidine rings is 1. The Morgan fingerprint density at radius 1 is 1.47 bits per heavy atom. The van der Waals surface area contributed by atoms with Crippen molar-refractivity contribution >= 4 is 0 Å². The lowest BCUT2D eigenvalue weighted by Crippen LogP contribution is -2.35. The van der Waals surface area contributed by atoms with Crippen molar-refractivity contribution in [2.75, 3.05) is 33.4 Å². The van der Waals surface area contributed by atoms with Gasteiger partial charge in [-0.1, -0.05) is 6.07 Å². The molecule has 0 saturated carbocycles. The lowest BCUT2D eigenvalue weighted by Gasteiger charge is -2.32. The van der Waals surface area contributed by atoms with Gasteiger partial charge in [-0.2, -0.15) is 0 Å². The third-order valence-electron chi connectivity index (χ3n) is 3.43. The summed E-state index contributed by atoms with van der Waals surface area (Å²) in [6.45, 7) is 4.40. The molecule has 0 radical (unpaired) electrons. The molecule has 2 rings (SSSR count). The zero-order valence-electron chi connectivity index (χ0n) is 10.6. The molecule has 94 valence electrons. The van der Waals surface area contributed by atoms with Gasteiger partial charge >= 0.3 is 0 Å². The lowest BCUT2D eigenvalue weighted by atomic mass is 9.94. The van der Waals surface area contributed by atoms with Crippen LogP contribution >= 0.6 is 0 Å². The van der Waals surface area contributed by atoms with Crippen LogP contribution in [0.5, 0.6) is 0 Å². The minimum atomic E-state index is 0.618. The summed E-state index contributed by atoms with van der Waals surface area (Å²) >= 11 is 0. The third kappa shape index (κ3) is 3.79. The van der Waals surface area contributed by atoms with Crippen LogP contribution in [0.1, 0.15) is 30.9 Å². The molecule has 1 aromatic heterocycles. The maximum absolute atomic E-state index is 5.11. The molecular weight excluding hydrogens is 212 g/mol. The predicted octanol–water partition coefficient (Wildman–Crippen LogP) is 2.30. The van der Waals surface area contributed by atoms with Gasteiger partial charge < -0.3 is 9.64 Å². The monoisotopic (exact) mass is 234 g/mol. The molecule has 0 unspecified atom stereocenters. The van der Waals surface area contributed by atoms with Crippen molar-refractivity contribution in [3.63, 3.8) is 0 Å². The summed E-state index contributed by atoms with van der Waals surface area (Å²) in [6, 6.07) is 6.23.